The maximum Gasteiger partial charge on any atom is 0.118 e. The van der Waals surface area contributed by atoms with Crippen LogP contribution in [0.1, 0.15) is 36.5 Å². The number of furan rings is 1. The number of aryl methyl sites for hydroxylation is 1. The lowest BCUT2D eigenvalue weighted by atomic mass is 10.2. The molecule has 0 aliphatic carbocycles. The molecule has 0 spiro atoms. The molecule has 0 fully saturated rings. The molecule has 114 valence electrons. The molecule has 0 amide bonds. The zero-order chi connectivity index (χ0) is 15.2. The van der Waals surface area contributed by atoms with Gasteiger partial charge in [0.25, 0.3) is 0 Å². The Balaban J connectivity index is 1.92. The second-order valence-electron chi connectivity index (χ2n) is 5.86. The largest absolute Gasteiger partial charge is 0.465 e. The van der Waals surface area contributed by atoms with Gasteiger partial charge in [0, 0.05) is 37.1 Å². The zero-order valence-electron chi connectivity index (χ0n) is 13.4. The highest BCUT2D eigenvalue weighted by atomic mass is 16.3. The van der Waals surface area contributed by atoms with Gasteiger partial charge in [-0.3, -0.25) is 9.88 Å². The van der Waals surface area contributed by atoms with Crippen molar-refractivity contribution in [2.24, 2.45) is 0 Å². The number of nitrogens with zero attached hydrogens (tertiary/aromatic N) is 2. The van der Waals surface area contributed by atoms with Gasteiger partial charge in [-0.05, 0) is 31.7 Å². The lowest BCUT2D eigenvalue weighted by Crippen LogP contribution is -2.21. The molecule has 2 aromatic rings. The highest BCUT2D eigenvalue weighted by Gasteiger charge is 2.10. The molecule has 4 heteroatoms. The van der Waals surface area contributed by atoms with Crippen molar-refractivity contribution in [1.82, 2.24) is 15.2 Å². The van der Waals surface area contributed by atoms with Gasteiger partial charge in [-0.25, -0.2) is 0 Å². The highest BCUT2D eigenvalue weighted by Crippen LogP contribution is 2.17. The van der Waals surface area contributed by atoms with Gasteiger partial charge in [-0.1, -0.05) is 19.9 Å². The van der Waals surface area contributed by atoms with E-state index in [-0.39, 0.29) is 0 Å². The van der Waals surface area contributed by atoms with Crippen molar-refractivity contribution in [1.29, 1.82) is 0 Å². The maximum atomic E-state index is 5.81. The first-order valence-electron chi connectivity index (χ1n) is 7.43. The fourth-order valence-electron chi connectivity index (χ4n) is 2.29. The molecule has 4 nitrogen and oxygen atoms in total. The van der Waals surface area contributed by atoms with E-state index in [1.807, 2.05) is 19.2 Å². The maximum absolute atomic E-state index is 5.81. The number of hydrogen-bond acceptors (Lipinski definition) is 4. The van der Waals surface area contributed by atoms with Crippen LogP contribution in [-0.4, -0.2) is 23.0 Å². The molecule has 0 aliphatic rings. The van der Waals surface area contributed by atoms with Crippen molar-refractivity contribution >= 4 is 0 Å². The van der Waals surface area contributed by atoms with E-state index in [2.05, 4.69) is 48.2 Å². The van der Waals surface area contributed by atoms with Gasteiger partial charge < -0.3 is 9.73 Å². The molecule has 0 bridgehead atoms. The Kier molecular flexibility index (Phi) is 5.53. The summed E-state index contributed by atoms with van der Waals surface area (Å²) in [6.45, 7) is 8.86. The molecule has 0 saturated carbocycles. The second kappa shape index (κ2) is 7.38. The zero-order valence-corrected chi connectivity index (χ0v) is 13.4. The Hall–Kier alpha value is -1.65. The third kappa shape index (κ3) is 4.99. The summed E-state index contributed by atoms with van der Waals surface area (Å²) in [5.74, 6) is 2.01. The summed E-state index contributed by atoms with van der Waals surface area (Å²) in [4.78, 5) is 6.43. The highest BCUT2D eigenvalue weighted by molar-refractivity contribution is 5.21. The van der Waals surface area contributed by atoms with Crippen LogP contribution in [0.2, 0.25) is 0 Å². The number of hydrogen-bond donors (Lipinski definition) is 1. The summed E-state index contributed by atoms with van der Waals surface area (Å²) in [6.07, 6.45) is 3.72. The van der Waals surface area contributed by atoms with E-state index in [1.165, 1.54) is 11.1 Å². The van der Waals surface area contributed by atoms with Crippen molar-refractivity contribution in [2.75, 3.05) is 7.05 Å². The lowest BCUT2D eigenvalue weighted by Gasteiger charge is -2.15. The van der Waals surface area contributed by atoms with E-state index >= 15 is 0 Å². The van der Waals surface area contributed by atoms with Crippen LogP contribution in [0.25, 0.3) is 0 Å². The van der Waals surface area contributed by atoms with Crippen LogP contribution in [0, 0.1) is 6.92 Å². The Morgan fingerprint density at radius 3 is 2.81 bits per heavy atom. The van der Waals surface area contributed by atoms with Crippen LogP contribution < -0.4 is 5.32 Å². The predicted molar refractivity (Wildman–Crippen MR) is 84.8 cm³/mol. The Bertz CT molecular complexity index is 548. The van der Waals surface area contributed by atoms with Gasteiger partial charge in [0.15, 0.2) is 0 Å². The van der Waals surface area contributed by atoms with E-state index in [0.29, 0.717) is 6.04 Å². The van der Waals surface area contributed by atoms with Crippen LogP contribution in [0.3, 0.4) is 0 Å². The third-order valence-electron chi connectivity index (χ3n) is 3.37. The van der Waals surface area contributed by atoms with Crippen LogP contribution >= 0.6 is 0 Å². The average Bonchev–Trinajstić information content (AvgIpc) is 2.78. The van der Waals surface area contributed by atoms with Crippen molar-refractivity contribution < 1.29 is 4.42 Å². The second-order valence-corrected chi connectivity index (χ2v) is 5.86. The third-order valence-corrected chi connectivity index (χ3v) is 3.37. The summed E-state index contributed by atoms with van der Waals surface area (Å²) in [5.41, 5.74) is 2.48. The fraction of sp³-hybridized carbons (Fsp3) is 0.471. The van der Waals surface area contributed by atoms with Crippen molar-refractivity contribution in [3.05, 3.63) is 53.2 Å². The molecule has 21 heavy (non-hydrogen) atoms. The van der Waals surface area contributed by atoms with Crippen molar-refractivity contribution in [3.63, 3.8) is 0 Å². The molecule has 0 aromatic carbocycles. The van der Waals surface area contributed by atoms with Gasteiger partial charge >= 0.3 is 0 Å². The molecule has 0 saturated heterocycles. The molecule has 2 heterocycles. The monoisotopic (exact) mass is 287 g/mol. The summed E-state index contributed by atoms with van der Waals surface area (Å²) >= 11 is 0. The molecular weight excluding hydrogens is 262 g/mol. The average molecular weight is 287 g/mol. The molecular formula is C17H25N3O. The standard InChI is InChI=1S/C17H25N3O/c1-13(2)19-10-17-8-16(14(3)21-17)12-20(4)11-15-6-5-7-18-9-15/h5-9,13,19H,10-12H2,1-4H3. The van der Waals surface area contributed by atoms with Gasteiger partial charge in [0.2, 0.25) is 0 Å². The minimum Gasteiger partial charge on any atom is -0.465 e. The molecule has 1 N–H and O–H groups in total. The van der Waals surface area contributed by atoms with Crippen LogP contribution in [-0.2, 0) is 19.6 Å². The summed E-state index contributed by atoms with van der Waals surface area (Å²) in [6, 6.07) is 6.70. The molecule has 0 unspecified atom stereocenters. The van der Waals surface area contributed by atoms with Gasteiger partial charge in [-0.15, -0.1) is 0 Å². The predicted octanol–water partition coefficient (Wildman–Crippen LogP) is 3.11. The molecule has 2 rings (SSSR count). The number of aromatic nitrogens is 1. The van der Waals surface area contributed by atoms with Crippen LogP contribution in [0.4, 0.5) is 0 Å². The van der Waals surface area contributed by atoms with E-state index in [9.17, 15) is 0 Å². The van der Waals surface area contributed by atoms with Crippen molar-refractivity contribution in [2.45, 2.75) is 46.4 Å². The first-order chi connectivity index (χ1) is 10.0. The molecule has 0 atom stereocenters. The number of nitrogens with one attached hydrogen (secondary N) is 1. The molecule has 2 aromatic heterocycles. The van der Waals surface area contributed by atoms with Gasteiger partial charge in [-0.2, -0.15) is 0 Å². The quantitative estimate of drug-likeness (QED) is 0.849. The van der Waals surface area contributed by atoms with Gasteiger partial charge in [0.1, 0.15) is 11.5 Å². The van der Waals surface area contributed by atoms with Crippen LogP contribution in [0.15, 0.2) is 35.0 Å². The Morgan fingerprint density at radius 1 is 1.33 bits per heavy atom. The van der Waals surface area contributed by atoms with Gasteiger partial charge in [0.05, 0.1) is 6.54 Å². The summed E-state index contributed by atoms with van der Waals surface area (Å²) < 4.78 is 5.81. The van der Waals surface area contributed by atoms with E-state index in [4.69, 9.17) is 4.42 Å². The fourth-order valence-corrected chi connectivity index (χ4v) is 2.29. The first-order valence-corrected chi connectivity index (χ1v) is 7.43. The molecule has 0 radical (unpaired) electrons. The Morgan fingerprint density at radius 2 is 2.14 bits per heavy atom. The Labute approximate surface area is 127 Å². The number of rotatable bonds is 7. The first kappa shape index (κ1) is 15.7. The normalized spacial score (nSPS) is 11.5. The van der Waals surface area contributed by atoms with E-state index < -0.39 is 0 Å². The topological polar surface area (TPSA) is 41.3 Å². The summed E-state index contributed by atoms with van der Waals surface area (Å²) in [5, 5.41) is 3.38. The van der Waals surface area contributed by atoms with E-state index in [0.717, 1.165) is 31.2 Å². The van der Waals surface area contributed by atoms with Crippen molar-refractivity contribution in [3.8, 4) is 0 Å². The van der Waals surface area contributed by atoms with Crippen LogP contribution in [0.5, 0.6) is 0 Å². The molecule has 0 aliphatic heterocycles. The minimum atomic E-state index is 0.465. The summed E-state index contributed by atoms with van der Waals surface area (Å²) in [7, 11) is 2.12. The lowest BCUT2D eigenvalue weighted by molar-refractivity contribution is 0.316. The SMILES string of the molecule is Cc1oc(CNC(C)C)cc1CN(C)Cc1cccnc1. The minimum absolute atomic E-state index is 0.465. The smallest absolute Gasteiger partial charge is 0.118 e. The number of pyridine rings is 1. The van der Waals surface area contributed by atoms with E-state index in [1.54, 1.807) is 6.20 Å².